The number of rotatable bonds is 4. The van der Waals surface area contributed by atoms with Gasteiger partial charge in [-0.15, -0.1) is 0 Å². The average molecular weight is 224 g/mol. The molecule has 0 aliphatic rings. The van der Waals surface area contributed by atoms with Gasteiger partial charge in [0, 0.05) is 0 Å². The zero-order valence-electron chi connectivity index (χ0n) is 9.69. The number of aliphatic hydroxyl groups is 1. The van der Waals surface area contributed by atoms with Crippen LogP contribution in [0.4, 0.5) is 0 Å². The highest BCUT2D eigenvalue weighted by atomic mass is 16.5. The van der Waals surface area contributed by atoms with Crippen LogP contribution in [0.15, 0.2) is 24.3 Å². The summed E-state index contributed by atoms with van der Waals surface area (Å²) < 4.78 is 9.79. The first-order chi connectivity index (χ1) is 7.52. The highest BCUT2D eigenvalue weighted by Gasteiger charge is 2.33. The minimum atomic E-state index is -1.62. The lowest BCUT2D eigenvalue weighted by molar-refractivity contribution is -0.164. The monoisotopic (exact) mass is 224 g/mol. The predicted octanol–water partition coefficient (Wildman–Crippen LogP) is 1.47. The summed E-state index contributed by atoms with van der Waals surface area (Å²) >= 11 is 0. The molecule has 1 aromatic carbocycles. The Kier molecular flexibility index (Phi) is 3.90. The van der Waals surface area contributed by atoms with E-state index in [0.717, 1.165) is 0 Å². The van der Waals surface area contributed by atoms with E-state index >= 15 is 0 Å². The molecule has 0 saturated heterocycles. The van der Waals surface area contributed by atoms with Gasteiger partial charge in [-0.05, 0) is 31.5 Å². The van der Waals surface area contributed by atoms with Gasteiger partial charge in [0.2, 0.25) is 0 Å². The molecule has 0 amide bonds. The van der Waals surface area contributed by atoms with Crippen molar-refractivity contribution in [3.05, 3.63) is 29.8 Å². The summed E-state index contributed by atoms with van der Waals surface area (Å²) in [4.78, 5) is 11.5. The average Bonchev–Trinajstić information content (AvgIpc) is 2.29. The van der Waals surface area contributed by atoms with Gasteiger partial charge in [-0.1, -0.05) is 12.1 Å². The molecule has 0 saturated carbocycles. The van der Waals surface area contributed by atoms with Crippen LogP contribution in [0.5, 0.6) is 5.75 Å². The van der Waals surface area contributed by atoms with Crippen molar-refractivity contribution in [1.29, 1.82) is 0 Å². The molecule has 0 spiro atoms. The first kappa shape index (κ1) is 12.5. The highest BCUT2D eigenvalue weighted by molar-refractivity contribution is 5.80. The molecule has 0 aliphatic carbocycles. The maximum Gasteiger partial charge on any atom is 0.342 e. The number of benzene rings is 1. The maximum absolute atomic E-state index is 11.5. The van der Waals surface area contributed by atoms with Gasteiger partial charge in [-0.2, -0.15) is 0 Å². The van der Waals surface area contributed by atoms with Gasteiger partial charge in [-0.3, -0.25) is 0 Å². The lowest BCUT2D eigenvalue weighted by Gasteiger charge is -2.21. The minimum Gasteiger partial charge on any atom is -0.497 e. The Morgan fingerprint density at radius 3 is 2.38 bits per heavy atom. The molecule has 1 N–H and O–H groups in total. The van der Waals surface area contributed by atoms with Gasteiger partial charge < -0.3 is 14.6 Å². The number of ether oxygens (including phenoxy) is 2. The summed E-state index contributed by atoms with van der Waals surface area (Å²) in [5, 5.41) is 10.0. The maximum atomic E-state index is 11.5. The Labute approximate surface area is 94.8 Å². The van der Waals surface area contributed by atoms with Crippen LogP contribution in [0, 0.1) is 0 Å². The first-order valence-electron chi connectivity index (χ1n) is 5.06. The Hall–Kier alpha value is -1.55. The van der Waals surface area contributed by atoms with E-state index in [1.807, 2.05) is 0 Å². The number of hydrogen-bond acceptors (Lipinski definition) is 4. The smallest absolute Gasteiger partial charge is 0.342 e. The molecular weight excluding hydrogens is 208 g/mol. The molecule has 16 heavy (non-hydrogen) atoms. The molecule has 4 nitrogen and oxygen atoms in total. The summed E-state index contributed by atoms with van der Waals surface area (Å²) in [6, 6.07) is 6.64. The largest absolute Gasteiger partial charge is 0.497 e. The van der Waals surface area contributed by atoms with Gasteiger partial charge in [0.1, 0.15) is 5.75 Å². The molecule has 1 aromatic rings. The zero-order valence-corrected chi connectivity index (χ0v) is 9.69. The van der Waals surface area contributed by atoms with Crippen molar-refractivity contribution in [3.63, 3.8) is 0 Å². The number of carbonyl (C=O) groups excluding carboxylic acids is 1. The van der Waals surface area contributed by atoms with E-state index in [1.54, 1.807) is 38.3 Å². The van der Waals surface area contributed by atoms with Crippen molar-refractivity contribution in [2.45, 2.75) is 19.4 Å². The lowest BCUT2D eigenvalue weighted by Crippen LogP contribution is -2.34. The van der Waals surface area contributed by atoms with Gasteiger partial charge in [0.25, 0.3) is 0 Å². The summed E-state index contributed by atoms with van der Waals surface area (Å²) in [5.41, 5.74) is -1.14. The van der Waals surface area contributed by atoms with E-state index in [1.165, 1.54) is 6.92 Å². The second-order valence-electron chi connectivity index (χ2n) is 3.52. The first-order valence-corrected chi connectivity index (χ1v) is 5.06. The van der Waals surface area contributed by atoms with E-state index in [0.29, 0.717) is 11.3 Å². The van der Waals surface area contributed by atoms with Crippen LogP contribution < -0.4 is 4.74 Å². The third-order valence-electron chi connectivity index (χ3n) is 2.33. The predicted molar refractivity (Wildman–Crippen MR) is 59.2 cm³/mol. The van der Waals surface area contributed by atoms with Gasteiger partial charge in [0.05, 0.1) is 13.7 Å². The van der Waals surface area contributed by atoms with Crippen LogP contribution in [0.3, 0.4) is 0 Å². The van der Waals surface area contributed by atoms with Crippen LogP contribution >= 0.6 is 0 Å². The third-order valence-corrected chi connectivity index (χ3v) is 2.33. The second kappa shape index (κ2) is 4.99. The minimum absolute atomic E-state index is 0.241. The highest BCUT2D eigenvalue weighted by Crippen LogP contribution is 2.24. The van der Waals surface area contributed by atoms with Crippen molar-refractivity contribution >= 4 is 5.97 Å². The molecule has 1 atom stereocenters. The van der Waals surface area contributed by atoms with E-state index in [-0.39, 0.29) is 6.61 Å². The summed E-state index contributed by atoms with van der Waals surface area (Å²) in [7, 11) is 1.55. The fourth-order valence-corrected chi connectivity index (χ4v) is 1.31. The van der Waals surface area contributed by atoms with Gasteiger partial charge >= 0.3 is 5.97 Å². The van der Waals surface area contributed by atoms with E-state index < -0.39 is 11.6 Å². The number of hydrogen-bond donors (Lipinski definition) is 1. The number of methoxy groups -OCH3 is 1. The van der Waals surface area contributed by atoms with Crippen LogP contribution in [0.2, 0.25) is 0 Å². The normalized spacial score (nSPS) is 14.0. The van der Waals surface area contributed by atoms with Crippen molar-refractivity contribution < 1.29 is 19.4 Å². The molecular formula is C12H16O4. The molecule has 1 rings (SSSR count). The van der Waals surface area contributed by atoms with E-state index in [4.69, 9.17) is 9.47 Å². The van der Waals surface area contributed by atoms with Crippen LogP contribution in [0.25, 0.3) is 0 Å². The quantitative estimate of drug-likeness (QED) is 0.787. The SMILES string of the molecule is CCOC(=O)C(C)(O)c1ccc(OC)cc1. The Morgan fingerprint density at radius 1 is 1.38 bits per heavy atom. The molecule has 0 heterocycles. The Bertz CT molecular complexity index is 354. The van der Waals surface area contributed by atoms with Crippen molar-refractivity contribution in [2.24, 2.45) is 0 Å². The topological polar surface area (TPSA) is 55.8 Å². The standard InChI is InChI=1S/C12H16O4/c1-4-16-11(13)12(2,14)9-5-7-10(15-3)8-6-9/h5-8,14H,4H2,1-3H3. The molecule has 4 heteroatoms. The molecule has 0 aliphatic heterocycles. The fraction of sp³-hybridized carbons (Fsp3) is 0.417. The second-order valence-corrected chi connectivity index (χ2v) is 3.52. The summed E-state index contributed by atoms with van der Waals surface area (Å²) in [5.74, 6) is 0.0172. The van der Waals surface area contributed by atoms with Crippen LogP contribution in [0.1, 0.15) is 19.4 Å². The fourth-order valence-electron chi connectivity index (χ4n) is 1.31. The summed E-state index contributed by atoms with van der Waals surface area (Å²) in [6.45, 7) is 3.35. The van der Waals surface area contributed by atoms with Crippen LogP contribution in [-0.2, 0) is 15.1 Å². The van der Waals surface area contributed by atoms with Gasteiger partial charge in [-0.25, -0.2) is 4.79 Å². The van der Waals surface area contributed by atoms with Crippen molar-refractivity contribution in [1.82, 2.24) is 0 Å². The molecule has 0 bridgehead atoms. The zero-order chi connectivity index (χ0) is 12.2. The lowest BCUT2D eigenvalue weighted by atomic mass is 9.96. The van der Waals surface area contributed by atoms with Crippen molar-refractivity contribution in [3.8, 4) is 5.75 Å². The number of esters is 1. The van der Waals surface area contributed by atoms with E-state index in [2.05, 4.69) is 0 Å². The van der Waals surface area contributed by atoms with Gasteiger partial charge in [0.15, 0.2) is 5.60 Å². The molecule has 1 unspecified atom stereocenters. The molecule has 88 valence electrons. The third kappa shape index (κ3) is 2.52. The molecule has 0 radical (unpaired) electrons. The summed E-state index contributed by atoms with van der Waals surface area (Å²) in [6.07, 6.45) is 0. The molecule has 0 fully saturated rings. The van der Waals surface area contributed by atoms with Crippen molar-refractivity contribution in [2.75, 3.05) is 13.7 Å². The Balaban J connectivity index is 2.93. The molecule has 0 aromatic heterocycles. The Morgan fingerprint density at radius 2 is 1.94 bits per heavy atom. The van der Waals surface area contributed by atoms with E-state index in [9.17, 15) is 9.90 Å². The number of carbonyl (C=O) groups is 1. The van der Waals surface area contributed by atoms with Crippen LogP contribution in [-0.4, -0.2) is 24.8 Å².